The molecule has 5 nitrogen and oxygen atoms in total. The first-order valence-electron chi connectivity index (χ1n) is 7.43. The molecule has 7 heteroatoms. The minimum atomic E-state index is -0.716. The van der Waals surface area contributed by atoms with Crippen LogP contribution in [0.15, 0.2) is 30.5 Å². The number of aromatic nitrogens is 2. The number of hydrogen-bond donors (Lipinski definition) is 3. The minimum Gasteiger partial charge on any atom is -0.390 e. The van der Waals surface area contributed by atoms with E-state index in [0.29, 0.717) is 10.7 Å². The van der Waals surface area contributed by atoms with Crippen LogP contribution in [0.4, 0.5) is 0 Å². The Morgan fingerprint density at radius 2 is 2.09 bits per heavy atom. The minimum absolute atomic E-state index is 0.131. The smallest absolute Gasteiger partial charge is 0.194 e. The standard InChI is InChI=1S/C16H18ClN3O2S/c1-2-7-18-15(22)13-8-20-12(9-21)14(19-16(20)23-13)10-3-5-11(17)6-4-10/h3-6,8,15,18,21-22H,2,7,9H2,1H3. The van der Waals surface area contributed by atoms with Crippen molar-refractivity contribution in [2.75, 3.05) is 6.54 Å². The van der Waals surface area contributed by atoms with E-state index in [2.05, 4.69) is 10.3 Å². The number of nitrogens with zero attached hydrogens (tertiary/aromatic N) is 2. The highest BCUT2D eigenvalue weighted by molar-refractivity contribution is 7.17. The van der Waals surface area contributed by atoms with Gasteiger partial charge in [0.05, 0.1) is 22.9 Å². The number of aliphatic hydroxyl groups excluding tert-OH is 2. The highest BCUT2D eigenvalue weighted by atomic mass is 35.5. The van der Waals surface area contributed by atoms with Crippen LogP contribution in [0.25, 0.3) is 16.2 Å². The molecular weight excluding hydrogens is 334 g/mol. The summed E-state index contributed by atoms with van der Waals surface area (Å²) in [6, 6.07) is 7.36. The molecule has 3 N–H and O–H groups in total. The Balaban J connectivity index is 1.99. The molecule has 3 rings (SSSR count). The van der Waals surface area contributed by atoms with Gasteiger partial charge in [-0.25, -0.2) is 4.98 Å². The quantitative estimate of drug-likeness (QED) is 0.596. The zero-order valence-electron chi connectivity index (χ0n) is 12.7. The fourth-order valence-electron chi connectivity index (χ4n) is 2.41. The van der Waals surface area contributed by atoms with Gasteiger partial charge in [-0.2, -0.15) is 0 Å². The summed E-state index contributed by atoms with van der Waals surface area (Å²) < 4.78 is 1.83. The molecular formula is C16H18ClN3O2S. The number of benzene rings is 1. The second-order valence-corrected chi connectivity index (χ2v) is 6.69. The molecule has 23 heavy (non-hydrogen) atoms. The van der Waals surface area contributed by atoms with Gasteiger partial charge in [0, 0.05) is 16.8 Å². The maximum absolute atomic E-state index is 10.1. The lowest BCUT2D eigenvalue weighted by Gasteiger charge is -2.09. The number of aliphatic hydroxyl groups is 2. The van der Waals surface area contributed by atoms with E-state index in [4.69, 9.17) is 11.6 Å². The van der Waals surface area contributed by atoms with E-state index in [9.17, 15) is 10.2 Å². The van der Waals surface area contributed by atoms with Gasteiger partial charge >= 0.3 is 0 Å². The number of thiazole rings is 1. The van der Waals surface area contributed by atoms with Gasteiger partial charge in [-0.05, 0) is 25.1 Å². The number of fused-ring (bicyclic) bond motifs is 1. The monoisotopic (exact) mass is 351 g/mol. The fourth-order valence-corrected chi connectivity index (χ4v) is 3.49. The van der Waals surface area contributed by atoms with E-state index in [0.717, 1.165) is 34.1 Å². The SMILES string of the molecule is CCCNC(O)c1cn2c(CO)c(-c3ccc(Cl)cc3)nc2s1. The second kappa shape index (κ2) is 6.98. The van der Waals surface area contributed by atoms with Crippen molar-refractivity contribution >= 4 is 27.9 Å². The second-order valence-electron chi connectivity index (χ2n) is 5.21. The molecule has 2 aromatic heterocycles. The van der Waals surface area contributed by atoms with E-state index in [1.54, 1.807) is 12.1 Å². The van der Waals surface area contributed by atoms with Crippen LogP contribution in [-0.4, -0.2) is 26.1 Å². The molecule has 0 aliphatic heterocycles. The predicted molar refractivity (Wildman–Crippen MR) is 92.7 cm³/mol. The van der Waals surface area contributed by atoms with Gasteiger partial charge in [-0.15, -0.1) is 0 Å². The number of hydrogen-bond acceptors (Lipinski definition) is 5. The lowest BCUT2D eigenvalue weighted by atomic mass is 10.1. The molecule has 1 aromatic carbocycles. The Labute approximate surface area is 143 Å². The third-order valence-corrected chi connectivity index (χ3v) is 4.85. The lowest BCUT2D eigenvalue weighted by molar-refractivity contribution is 0.143. The van der Waals surface area contributed by atoms with E-state index >= 15 is 0 Å². The molecule has 0 bridgehead atoms. The summed E-state index contributed by atoms with van der Waals surface area (Å²) >= 11 is 7.33. The molecule has 122 valence electrons. The van der Waals surface area contributed by atoms with Crippen molar-refractivity contribution in [1.29, 1.82) is 0 Å². The maximum atomic E-state index is 10.1. The van der Waals surface area contributed by atoms with Gasteiger partial charge in [-0.1, -0.05) is 42.0 Å². The third-order valence-electron chi connectivity index (χ3n) is 3.57. The highest BCUT2D eigenvalue weighted by Crippen LogP contribution is 2.31. The molecule has 0 spiro atoms. The van der Waals surface area contributed by atoms with E-state index in [1.165, 1.54) is 11.3 Å². The van der Waals surface area contributed by atoms with E-state index in [1.807, 2.05) is 29.7 Å². The van der Waals surface area contributed by atoms with Gasteiger partial charge in [-0.3, -0.25) is 9.72 Å². The molecule has 1 atom stereocenters. The van der Waals surface area contributed by atoms with Crippen molar-refractivity contribution in [3.63, 3.8) is 0 Å². The molecule has 0 amide bonds. The number of imidazole rings is 1. The zero-order chi connectivity index (χ0) is 16.4. The van der Waals surface area contributed by atoms with Gasteiger partial charge in [0.1, 0.15) is 6.23 Å². The van der Waals surface area contributed by atoms with Gasteiger partial charge in [0.25, 0.3) is 0 Å². The largest absolute Gasteiger partial charge is 0.390 e. The first-order chi connectivity index (χ1) is 11.1. The van der Waals surface area contributed by atoms with Crippen LogP contribution in [-0.2, 0) is 6.61 Å². The molecule has 0 radical (unpaired) electrons. The average Bonchev–Trinajstić information content (AvgIpc) is 3.10. The molecule has 0 fully saturated rings. The van der Waals surface area contributed by atoms with E-state index < -0.39 is 6.23 Å². The number of halogens is 1. The maximum Gasteiger partial charge on any atom is 0.194 e. The first kappa shape index (κ1) is 16.4. The summed E-state index contributed by atoms with van der Waals surface area (Å²) in [6.45, 7) is 2.65. The Morgan fingerprint density at radius 1 is 1.35 bits per heavy atom. The van der Waals surface area contributed by atoms with Gasteiger partial charge < -0.3 is 10.2 Å². The summed E-state index contributed by atoms with van der Waals surface area (Å²) in [5.41, 5.74) is 2.34. The summed E-state index contributed by atoms with van der Waals surface area (Å²) in [5, 5.41) is 23.6. The molecule has 0 aliphatic carbocycles. The summed E-state index contributed by atoms with van der Waals surface area (Å²) in [7, 11) is 0. The molecule has 0 aliphatic rings. The highest BCUT2D eigenvalue weighted by Gasteiger charge is 2.18. The summed E-state index contributed by atoms with van der Waals surface area (Å²) in [5.74, 6) is 0. The first-order valence-corrected chi connectivity index (χ1v) is 8.62. The van der Waals surface area contributed by atoms with Crippen LogP contribution >= 0.6 is 22.9 Å². The van der Waals surface area contributed by atoms with Crippen molar-refractivity contribution in [2.45, 2.75) is 26.2 Å². The van der Waals surface area contributed by atoms with Crippen LogP contribution in [0, 0.1) is 0 Å². The van der Waals surface area contributed by atoms with Crippen LogP contribution in [0.2, 0.25) is 5.02 Å². The van der Waals surface area contributed by atoms with Crippen LogP contribution < -0.4 is 5.32 Å². The lowest BCUT2D eigenvalue weighted by Crippen LogP contribution is -2.20. The van der Waals surface area contributed by atoms with Crippen molar-refractivity contribution in [3.8, 4) is 11.3 Å². The molecule has 0 saturated carbocycles. The number of rotatable bonds is 6. The van der Waals surface area contributed by atoms with Crippen LogP contribution in [0.5, 0.6) is 0 Å². The summed E-state index contributed by atoms with van der Waals surface area (Å²) in [6.07, 6.45) is 2.06. The van der Waals surface area contributed by atoms with Crippen LogP contribution in [0.3, 0.4) is 0 Å². The third kappa shape index (κ3) is 3.27. The van der Waals surface area contributed by atoms with Crippen molar-refractivity contribution in [2.24, 2.45) is 0 Å². The fraction of sp³-hybridized carbons (Fsp3) is 0.312. The summed E-state index contributed by atoms with van der Waals surface area (Å²) in [4.78, 5) is 6.12. The predicted octanol–water partition coefficient (Wildman–Crippen LogP) is 3.20. The topological polar surface area (TPSA) is 69.8 Å². The average molecular weight is 352 g/mol. The van der Waals surface area contributed by atoms with Crippen LogP contribution in [0.1, 0.15) is 30.1 Å². The van der Waals surface area contributed by atoms with Crippen molar-refractivity contribution in [1.82, 2.24) is 14.7 Å². The molecule has 1 unspecified atom stereocenters. The Hall–Kier alpha value is -1.44. The van der Waals surface area contributed by atoms with Gasteiger partial charge in [0.2, 0.25) is 0 Å². The normalized spacial score (nSPS) is 12.9. The molecule has 3 aromatic rings. The van der Waals surface area contributed by atoms with Crippen molar-refractivity contribution < 1.29 is 10.2 Å². The number of nitrogens with one attached hydrogen (secondary N) is 1. The molecule has 0 saturated heterocycles. The van der Waals surface area contributed by atoms with Gasteiger partial charge in [0.15, 0.2) is 4.96 Å². The Morgan fingerprint density at radius 3 is 2.74 bits per heavy atom. The van der Waals surface area contributed by atoms with E-state index in [-0.39, 0.29) is 6.61 Å². The Bertz CT molecular complexity index is 798. The molecule has 2 heterocycles. The Kier molecular flexibility index (Phi) is 4.99. The van der Waals surface area contributed by atoms with Crippen molar-refractivity contribution in [3.05, 3.63) is 46.1 Å². The zero-order valence-corrected chi connectivity index (χ0v) is 14.2.